The number of fused-ring (bicyclic) bond motifs is 2. The molecule has 2 aliphatic rings. The van der Waals surface area contributed by atoms with E-state index in [0.29, 0.717) is 12.1 Å². The molecule has 3 heteroatoms. The molecule has 74 valence electrons. The Balaban J connectivity index is 2.19. The van der Waals surface area contributed by atoms with Crippen LogP contribution < -0.4 is 0 Å². The molecule has 0 aromatic heterocycles. The SMILES string of the molecule is CN1C2CCC1CC(C)(C(=O)O)C2. The molecule has 2 fully saturated rings. The second kappa shape index (κ2) is 2.71. The third-order valence-electron chi connectivity index (χ3n) is 3.87. The second-order valence-corrected chi connectivity index (χ2v) is 4.82. The van der Waals surface area contributed by atoms with E-state index in [1.165, 1.54) is 12.8 Å². The molecule has 0 saturated carbocycles. The van der Waals surface area contributed by atoms with Crippen LogP contribution in [0.2, 0.25) is 0 Å². The summed E-state index contributed by atoms with van der Waals surface area (Å²) < 4.78 is 0. The maximum Gasteiger partial charge on any atom is 0.309 e. The normalized spacial score (nSPS) is 45.1. The van der Waals surface area contributed by atoms with Crippen LogP contribution in [0.4, 0.5) is 0 Å². The smallest absolute Gasteiger partial charge is 0.309 e. The van der Waals surface area contributed by atoms with Crippen LogP contribution in [0.1, 0.15) is 32.6 Å². The summed E-state index contributed by atoms with van der Waals surface area (Å²) >= 11 is 0. The number of carboxylic acids is 1. The highest BCUT2D eigenvalue weighted by Crippen LogP contribution is 2.44. The van der Waals surface area contributed by atoms with Gasteiger partial charge < -0.3 is 10.0 Å². The zero-order valence-corrected chi connectivity index (χ0v) is 8.29. The summed E-state index contributed by atoms with van der Waals surface area (Å²) in [4.78, 5) is 13.4. The van der Waals surface area contributed by atoms with Crippen LogP contribution in [0.5, 0.6) is 0 Å². The second-order valence-electron chi connectivity index (χ2n) is 4.82. The van der Waals surface area contributed by atoms with E-state index in [9.17, 15) is 4.79 Å². The van der Waals surface area contributed by atoms with Crippen LogP contribution >= 0.6 is 0 Å². The summed E-state index contributed by atoms with van der Waals surface area (Å²) in [5.74, 6) is -0.613. The van der Waals surface area contributed by atoms with Gasteiger partial charge in [0.2, 0.25) is 0 Å². The summed E-state index contributed by atoms with van der Waals surface area (Å²) in [6, 6.07) is 1.03. The van der Waals surface area contributed by atoms with Gasteiger partial charge in [0.15, 0.2) is 0 Å². The minimum Gasteiger partial charge on any atom is -0.481 e. The first-order valence-corrected chi connectivity index (χ1v) is 4.98. The van der Waals surface area contributed by atoms with Gasteiger partial charge in [0, 0.05) is 12.1 Å². The van der Waals surface area contributed by atoms with Gasteiger partial charge in [0.1, 0.15) is 0 Å². The first-order valence-electron chi connectivity index (χ1n) is 4.98. The largest absolute Gasteiger partial charge is 0.481 e. The van der Waals surface area contributed by atoms with E-state index in [2.05, 4.69) is 11.9 Å². The van der Waals surface area contributed by atoms with Crippen molar-refractivity contribution in [1.82, 2.24) is 4.90 Å². The van der Waals surface area contributed by atoms with E-state index in [4.69, 9.17) is 5.11 Å². The lowest BCUT2D eigenvalue weighted by molar-refractivity contribution is -0.152. The molecule has 2 aliphatic heterocycles. The molecule has 2 heterocycles. The van der Waals surface area contributed by atoms with E-state index in [1.54, 1.807) is 0 Å². The lowest BCUT2D eigenvalue weighted by Crippen LogP contribution is -2.47. The third kappa shape index (κ3) is 1.26. The Morgan fingerprint density at radius 1 is 1.38 bits per heavy atom. The fourth-order valence-corrected chi connectivity index (χ4v) is 2.88. The summed E-state index contributed by atoms with van der Waals surface area (Å²) in [6.07, 6.45) is 4.03. The monoisotopic (exact) mass is 183 g/mol. The van der Waals surface area contributed by atoms with Crippen LogP contribution in [0.3, 0.4) is 0 Å². The first kappa shape index (κ1) is 9.00. The lowest BCUT2D eigenvalue weighted by atomic mass is 9.77. The average molecular weight is 183 g/mol. The fraction of sp³-hybridized carbons (Fsp3) is 0.900. The van der Waals surface area contributed by atoms with Gasteiger partial charge >= 0.3 is 5.97 Å². The first-order chi connectivity index (χ1) is 6.03. The topological polar surface area (TPSA) is 40.5 Å². The molecule has 2 saturated heterocycles. The van der Waals surface area contributed by atoms with E-state index in [-0.39, 0.29) is 0 Å². The highest BCUT2D eigenvalue weighted by molar-refractivity contribution is 5.74. The highest BCUT2D eigenvalue weighted by Gasteiger charge is 2.48. The maximum atomic E-state index is 11.1. The molecule has 0 aromatic carbocycles. The van der Waals surface area contributed by atoms with Gasteiger partial charge in [-0.15, -0.1) is 0 Å². The van der Waals surface area contributed by atoms with Crippen molar-refractivity contribution in [3.05, 3.63) is 0 Å². The van der Waals surface area contributed by atoms with Gasteiger partial charge in [-0.1, -0.05) is 0 Å². The number of aliphatic carboxylic acids is 1. The number of hydrogen-bond donors (Lipinski definition) is 1. The number of carbonyl (C=O) groups is 1. The Kier molecular flexibility index (Phi) is 1.88. The number of nitrogens with zero attached hydrogens (tertiary/aromatic N) is 1. The Bertz CT molecular complexity index is 225. The van der Waals surface area contributed by atoms with Crippen molar-refractivity contribution >= 4 is 5.97 Å². The molecule has 0 radical (unpaired) electrons. The Labute approximate surface area is 78.7 Å². The molecule has 2 unspecified atom stereocenters. The molecular weight excluding hydrogens is 166 g/mol. The minimum atomic E-state index is -0.613. The Hall–Kier alpha value is -0.570. The summed E-state index contributed by atoms with van der Waals surface area (Å²) in [6.45, 7) is 1.90. The highest BCUT2D eigenvalue weighted by atomic mass is 16.4. The van der Waals surface area contributed by atoms with Gasteiger partial charge in [-0.3, -0.25) is 4.79 Å². The summed E-state index contributed by atoms with van der Waals surface area (Å²) in [5, 5.41) is 9.13. The van der Waals surface area contributed by atoms with E-state index < -0.39 is 11.4 Å². The standard InChI is InChI=1S/C10H17NO2/c1-10(9(12)13)5-7-3-4-8(6-10)11(7)2/h7-8H,3-6H2,1-2H3,(H,12,13). The molecule has 1 N–H and O–H groups in total. The molecule has 0 spiro atoms. The van der Waals surface area contributed by atoms with Crippen molar-refractivity contribution in [2.24, 2.45) is 5.41 Å². The van der Waals surface area contributed by atoms with E-state index in [1.807, 2.05) is 6.92 Å². The molecule has 0 aromatic rings. The number of carboxylic acid groups (broad SMARTS) is 1. The Morgan fingerprint density at radius 3 is 2.23 bits per heavy atom. The lowest BCUT2D eigenvalue weighted by Gasteiger charge is -2.40. The number of piperidine rings is 1. The molecule has 13 heavy (non-hydrogen) atoms. The summed E-state index contributed by atoms with van der Waals surface area (Å²) in [7, 11) is 2.13. The zero-order chi connectivity index (χ0) is 9.64. The van der Waals surface area contributed by atoms with Crippen LogP contribution in [-0.4, -0.2) is 35.1 Å². The fourth-order valence-electron chi connectivity index (χ4n) is 2.88. The van der Waals surface area contributed by atoms with Gasteiger partial charge in [-0.25, -0.2) is 0 Å². The molecule has 0 amide bonds. The third-order valence-corrected chi connectivity index (χ3v) is 3.87. The van der Waals surface area contributed by atoms with Crippen molar-refractivity contribution < 1.29 is 9.90 Å². The van der Waals surface area contributed by atoms with Gasteiger partial charge in [-0.05, 0) is 39.7 Å². The van der Waals surface area contributed by atoms with Crippen molar-refractivity contribution in [3.63, 3.8) is 0 Å². The zero-order valence-electron chi connectivity index (χ0n) is 8.29. The quantitative estimate of drug-likeness (QED) is 0.666. The number of rotatable bonds is 1. The van der Waals surface area contributed by atoms with Gasteiger partial charge in [0.05, 0.1) is 5.41 Å². The predicted molar refractivity (Wildman–Crippen MR) is 49.5 cm³/mol. The molecular formula is C10H17NO2. The Morgan fingerprint density at radius 2 is 1.85 bits per heavy atom. The summed E-state index contributed by atoms with van der Waals surface area (Å²) in [5.41, 5.74) is -0.460. The molecule has 2 atom stereocenters. The molecule has 0 aliphatic carbocycles. The van der Waals surface area contributed by atoms with Gasteiger partial charge in [-0.2, -0.15) is 0 Å². The minimum absolute atomic E-state index is 0.460. The van der Waals surface area contributed by atoms with Crippen molar-refractivity contribution in [1.29, 1.82) is 0 Å². The van der Waals surface area contributed by atoms with E-state index >= 15 is 0 Å². The maximum absolute atomic E-state index is 11.1. The predicted octanol–water partition coefficient (Wildman–Crippen LogP) is 1.33. The average Bonchev–Trinajstić information content (AvgIpc) is 2.33. The van der Waals surface area contributed by atoms with Crippen molar-refractivity contribution in [2.75, 3.05) is 7.05 Å². The van der Waals surface area contributed by atoms with Crippen LogP contribution in [0, 0.1) is 5.41 Å². The van der Waals surface area contributed by atoms with Crippen LogP contribution in [-0.2, 0) is 4.79 Å². The molecule has 2 rings (SSSR count). The number of hydrogen-bond acceptors (Lipinski definition) is 2. The van der Waals surface area contributed by atoms with Crippen molar-refractivity contribution in [3.8, 4) is 0 Å². The van der Waals surface area contributed by atoms with E-state index in [0.717, 1.165) is 12.8 Å². The van der Waals surface area contributed by atoms with Crippen molar-refractivity contribution in [2.45, 2.75) is 44.7 Å². The van der Waals surface area contributed by atoms with Gasteiger partial charge in [0.25, 0.3) is 0 Å². The molecule has 2 bridgehead atoms. The van der Waals surface area contributed by atoms with Crippen LogP contribution in [0.25, 0.3) is 0 Å². The molecule has 3 nitrogen and oxygen atoms in total. The van der Waals surface area contributed by atoms with Crippen LogP contribution in [0.15, 0.2) is 0 Å².